The lowest BCUT2D eigenvalue weighted by Gasteiger charge is -2.24. The zero-order valence-corrected chi connectivity index (χ0v) is 12.6. The van der Waals surface area contributed by atoms with Gasteiger partial charge in [0.15, 0.2) is 0 Å². The van der Waals surface area contributed by atoms with Crippen molar-refractivity contribution in [3.05, 3.63) is 33.8 Å². The minimum atomic E-state index is -0.0251. The third-order valence-corrected chi connectivity index (χ3v) is 3.88. The summed E-state index contributed by atoms with van der Waals surface area (Å²) in [6, 6.07) is 5.60. The normalized spacial score (nSPS) is 13.8. The predicted octanol–water partition coefficient (Wildman–Crippen LogP) is 3.20. The van der Waals surface area contributed by atoms with Crippen LogP contribution in [0.5, 0.6) is 0 Å². The predicted molar refractivity (Wildman–Crippen MR) is 80.0 cm³/mol. The summed E-state index contributed by atoms with van der Waals surface area (Å²) in [5, 5.41) is 12.8. The first-order valence-electron chi connectivity index (χ1n) is 6.12. The summed E-state index contributed by atoms with van der Waals surface area (Å²) in [7, 11) is 0. The number of benzene rings is 1. The molecule has 0 spiro atoms. The van der Waals surface area contributed by atoms with Gasteiger partial charge in [-0.1, -0.05) is 54.3 Å². The molecule has 0 saturated carbocycles. The first-order chi connectivity index (χ1) is 8.99. The largest absolute Gasteiger partial charge is 0.409 e. The van der Waals surface area contributed by atoms with E-state index in [0.29, 0.717) is 23.1 Å². The number of nitrogens with zero attached hydrogens (tertiary/aromatic N) is 2. The van der Waals surface area contributed by atoms with Crippen molar-refractivity contribution in [3.8, 4) is 0 Å². The molecule has 3 N–H and O–H groups in total. The van der Waals surface area contributed by atoms with E-state index in [2.05, 4.69) is 17.0 Å². The van der Waals surface area contributed by atoms with Crippen LogP contribution in [-0.4, -0.2) is 29.0 Å². The van der Waals surface area contributed by atoms with Crippen LogP contribution in [-0.2, 0) is 6.54 Å². The summed E-state index contributed by atoms with van der Waals surface area (Å²) >= 11 is 12.2. The van der Waals surface area contributed by atoms with Gasteiger partial charge in [-0.05, 0) is 18.2 Å². The molecule has 0 fully saturated rings. The lowest BCUT2D eigenvalue weighted by molar-refractivity contribution is 0.258. The van der Waals surface area contributed by atoms with E-state index in [-0.39, 0.29) is 11.8 Å². The van der Waals surface area contributed by atoms with Gasteiger partial charge < -0.3 is 10.9 Å². The zero-order valence-electron chi connectivity index (χ0n) is 11.1. The van der Waals surface area contributed by atoms with Crippen molar-refractivity contribution >= 4 is 29.0 Å². The van der Waals surface area contributed by atoms with Crippen LogP contribution in [0.25, 0.3) is 0 Å². The number of oxime groups is 1. The van der Waals surface area contributed by atoms with Gasteiger partial charge >= 0.3 is 0 Å². The zero-order chi connectivity index (χ0) is 14.4. The number of amidine groups is 1. The minimum absolute atomic E-state index is 0.0251. The highest BCUT2D eigenvalue weighted by atomic mass is 35.5. The Bertz CT molecular complexity index is 452. The number of hydrogen-bond acceptors (Lipinski definition) is 3. The molecule has 0 radical (unpaired) electrons. The average molecular weight is 304 g/mol. The molecule has 0 bridgehead atoms. The van der Waals surface area contributed by atoms with Gasteiger partial charge in [0.05, 0.1) is 10.0 Å². The molecule has 4 nitrogen and oxygen atoms in total. The van der Waals surface area contributed by atoms with Crippen molar-refractivity contribution in [2.45, 2.75) is 20.4 Å². The van der Waals surface area contributed by atoms with Crippen molar-refractivity contribution in [3.63, 3.8) is 0 Å². The van der Waals surface area contributed by atoms with Crippen LogP contribution in [0.3, 0.4) is 0 Å². The maximum Gasteiger partial charge on any atom is 0.143 e. The van der Waals surface area contributed by atoms with Crippen LogP contribution < -0.4 is 5.73 Å². The topological polar surface area (TPSA) is 61.8 Å². The molecule has 19 heavy (non-hydrogen) atoms. The Hall–Kier alpha value is -0.970. The lowest BCUT2D eigenvalue weighted by atomic mass is 10.1. The Morgan fingerprint density at radius 3 is 2.74 bits per heavy atom. The second-order valence-corrected chi connectivity index (χ2v) is 5.25. The fourth-order valence-electron chi connectivity index (χ4n) is 1.80. The molecule has 1 rings (SSSR count). The number of rotatable bonds is 6. The van der Waals surface area contributed by atoms with E-state index < -0.39 is 0 Å². The van der Waals surface area contributed by atoms with Gasteiger partial charge in [-0.25, -0.2) is 0 Å². The second-order valence-electron chi connectivity index (χ2n) is 4.47. The van der Waals surface area contributed by atoms with Gasteiger partial charge in [0.25, 0.3) is 0 Å². The van der Waals surface area contributed by atoms with E-state index in [1.807, 2.05) is 19.1 Å². The van der Waals surface area contributed by atoms with Gasteiger partial charge in [-0.2, -0.15) is 0 Å². The summed E-state index contributed by atoms with van der Waals surface area (Å²) in [5.74, 6) is 0.207. The second kappa shape index (κ2) is 7.58. The Labute approximate surface area is 123 Å². The van der Waals surface area contributed by atoms with E-state index in [1.54, 1.807) is 6.07 Å². The quantitative estimate of drug-likeness (QED) is 0.367. The maximum atomic E-state index is 8.67. The molecule has 0 saturated heterocycles. The van der Waals surface area contributed by atoms with Crippen molar-refractivity contribution in [1.29, 1.82) is 0 Å². The molecule has 106 valence electrons. The summed E-state index contributed by atoms with van der Waals surface area (Å²) in [6.45, 7) is 6.18. The van der Waals surface area contributed by atoms with E-state index in [9.17, 15) is 0 Å². The molecule has 1 unspecified atom stereocenters. The third-order valence-electron chi connectivity index (χ3n) is 3.03. The molecule has 0 aliphatic carbocycles. The van der Waals surface area contributed by atoms with Crippen molar-refractivity contribution < 1.29 is 5.21 Å². The number of halogens is 2. The monoisotopic (exact) mass is 303 g/mol. The smallest absolute Gasteiger partial charge is 0.143 e. The van der Waals surface area contributed by atoms with Crippen LogP contribution in [0.2, 0.25) is 10.0 Å². The highest BCUT2D eigenvalue weighted by Gasteiger charge is 2.14. The molecule has 6 heteroatoms. The molecular weight excluding hydrogens is 285 g/mol. The Morgan fingerprint density at radius 2 is 2.16 bits per heavy atom. The van der Waals surface area contributed by atoms with E-state index in [0.717, 1.165) is 12.1 Å². The summed E-state index contributed by atoms with van der Waals surface area (Å²) in [6.07, 6.45) is 0. The van der Waals surface area contributed by atoms with Gasteiger partial charge in [-0.3, -0.25) is 4.90 Å². The molecule has 0 aromatic heterocycles. The summed E-state index contributed by atoms with van der Waals surface area (Å²) in [5.41, 5.74) is 6.57. The molecule has 1 aromatic carbocycles. The summed E-state index contributed by atoms with van der Waals surface area (Å²) in [4.78, 5) is 2.17. The van der Waals surface area contributed by atoms with Gasteiger partial charge in [-0.15, -0.1) is 0 Å². The van der Waals surface area contributed by atoms with E-state index >= 15 is 0 Å². The lowest BCUT2D eigenvalue weighted by Crippen LogP contribution is -2.34. The van der Waals surface area contributed by atoms with Crippen LogP contribution in [0.15, 0.2) is 23.4 Å². The Kier molecular flexibility index (Phi) is 6.42. The van der Waals surface area contributed by atoms with E-state index in [1.165, 1.54) is 0 Å². The molecule has 0 aliphatic heterocycles. The Balaban J connectivity index is 2.74. The van der Waals surface area contributed by atoms with Gasteiger partial charge in [0.1, 0.15) is 5.84 Å². The number of nitrogens with two attached hydrogens (primary N) is 1. The van der Waals surface area contributed by atoms with Crippen LogP contribution in [0.1, 0.15) is 19.4 Å². The fraction of sp³-hybridized carbons (Fsp3) is 0.462. The first-order valence-corrected chi connectivity index (χ1v) is 6.87. The van der Waals surface area contributed by atoms with Crippen LogP contribution >= 0.6 is 23.2 Å². The molecule has 0 heterocycles. The molecule has 0 aliphatic rings. The number of hydrogen-bond donors (Lipinski definition) is 2. The van der Waals surface area contributed by atoms with Crippen LogP contribution in [0.4, 0.5) is 0 Å². The van der Waals surface area contributed by atoms with Gasteiger partial charge in [0.2, 0.25) is 0 Å². The molecule has 1 atom stereocenters. The molecule has 1 aromatic rings. The molecule has 0 amide bonds. The highest BCUT2D eigenvalue weighted by Crippen LogP contribution is 2.26. The highest BCUT2D eigenvalue weighted by molar-refractivity contribution is 6.42. The standard InChI is InChI=1S/C13H19Cl2N3O/c1-3-18(7-9(2)13(16)17-19)8-10-5-4-6-11(14)12(10)15/h4-6,9,19H,3,7-8H2,1-2H3,(H2,16,17). The van der Waals surface area contributed by atoms with Crippen molar-refractivity contribution in [1.82, 2.24) is 4.90 Å². The van der Waals surface area contributed by atoms with Crippen molar-refractivity contribution in [2.75, 3.05) is 13.1 Å². The van der Waals surface area contributed by atoms with Crippen LogP contribution in [0, 0.1) is 5.92 Å². The molecular formula is C13H19Cl2N3O. The minimum Gasteiger partial charge on any atom is -0.409 e. The first kappa shape index (κ1) is 16.1. The Morgan fingerprint density at radius 1 is 1.47 bits per heavy atom. The fourth-order valence-corrected chi connectivity index (χ4v) is 2.18. The van der Waals surface area contributed by atoms with Gasteiger partial charge in [0, 0.05) is 19.0 Å². The van der Waals surface area contributed by atoms with E-state index in [4.69, 9.17) is 34.1 Å². The van der Waals surface area contributed by atoms with Crippen molar-refractivity contribution in [2.24, 2.45) is 16.8 Å². The SMILES string of the molecule is CCN(Cc1cccc(Cl)c1Cl)CC(C)/C(N)=N/O. The third kappa shape index (κ3) is 4.56. The maximum absolute atomic E-state index is 8.67. The average Bonchev–Trinajstić information content (AvgIpc) is 2.41. The summed E-state index contributed by atoms with van der Waals surface area (Å²) < 4.78 is 0.